The lowest BCUT2D eigenvalue weighted by molar-refractivity contribution is 0.0948. The number of primary amides is 1. The first kappa shape index (κ1) is 14.3. The molecule has 2 aromatic rings. The van der Waals surface area contributed by atoms with Gasteiger partial charge in [-0.3, -0.25) is 9.59 Å². The third kappa shape index (κ3) is 3.45. The molecule has 0 fully saturated rings. The van der Waals surface area contributed by atoms with Crippen LogP contribution in [0.25, 0.3) is 0 Å². The number of thiophene rings is 1. The van der Waals surface area contributed by atoms with Crippen molar-refractivity contribution >= 4 is 23.2 Å². The molecule has 1 aromatic carbocycles. The monoisotopic (exact) mass is 288 g/mol. The van der Waals surface area contributed by atoms with Gasteiger partial charge in [-0.05, 0) is 42.8 Å². The summed E-state index contributed by atoms with van der Waals surface area (Å²) in [5.41, 5.74) is 6.06. The molecule has 0 spiro atoms. The molecule has 0 bridgehead atoms. The number of nitrogens with two attached hydrogens (primary N) is 1. The number of rotatable bonds is 5. The Bertz CT molecular complexity index is 617. The number of aryl methyl sites for hydroxylation is 1. The van der Waals surface area contributed by atoms with Crippen molar-refractivity contribution in [3.8, 4) is 0 Å². The number of nitrogens with one attached hydrogen (secondary N) is 1. The Morgan fingerprint density at radius 2 is 1.65 bits per heavy atom. The summed E-state index contributed by atoms with van der Waals surface area (Å²) in [6, 6.07) is 10.4. The predicted molar refractivity (Wildman–Crippen MR) is 79.8 cm³/mol. The molecular weight excluding hydrogens is 272 g/mol. The molecule has 4 nitrogen and oxygen atoms in total. The fourth-order valence-corrected chi connectivity index (χ4v) is 2.66. The van der Waals surface area contributed by atoms with Gasteiger partial charge in [-0.15, -0.1) is 11.3 Å². The quantitative estimate of drug-likeness (QED) is 0.886. The van der Waals surface area contributed by atoms with Crippen LogP contribution in [0.4, 0.5) is 0 Å². The Morgan fingerprint density at radius 3 is 2.20 bits per heavy atom. The summed E-state index contributed by atoms with van der Waals surface area (Å²) in [6.45, 7) is 2.62. The summed E-state index contributed by atoms with van der Waals surface area (Å²) in [4.78, 5) is 25.3. The molecule has 0 saturated heterocycles. The lowest BCUT2D eigenvalue weighted by atomic mass is 10.1. The highest BCUT2D eigenvalue weighted by Crippen LogP contribution is 2.16. The Morgan fingerprint density at radius 1 is 1.05 bits per heavy atom. The van der Waals surface area contributed by atoms with Gasteiger partial charge in [0.2, 0.25) is 5.91 Å². The van der Waals surface area contributed by atoms with Gasteiger partial charge in [0.15, 0.2) is 0 Å². The van der Waals surface area contributed by atoms with Crippen molar-refractivity contribution in [2.45, 2.75) is 19.9 Å². The summed E-state index contributed by atoms with van der Waals surface area (Å²) in [7, 11) is 0. The van der Waals surface area contributed by atoms with E-state index in [0.29, 0.717) is 17.7 Å². The van der Waals surface area contributed by atoms with Crippen molar-refractivity contribution in [3.63, 3.8) is 0 Å². The van der Waals surface area contributed by atoms with E-state index in [4.69, 9.17) is 5.73 Å². The van der Waals surface area contributed by atoms with Crippen LogP contribution in [-0.2, 0) is 13.0 Å². The first-order chi connectivity index (χ1) is 9.60. The van der Waals surface area contributed by atoms with E-state index in [2.05, 4.69) is 18.3 Å². The fourth-order valence-electron chi connectivity index (χ4n) is 1.76. The minimum atomic E-state index is -0.498. The van der Waals surface area contributed by atoms with Gasteiger partial charge < -0.3 is 11.1 Å². The van der Waals surface area contributed by atoms with E-state index >= 15 is 0 Å². The van der Waals surface area contributed by atoms with Crippen LogP contribution in [0.3, 0.4) is 0 Å². The van der Waals surface area contributed by atoms with Crippen LogP contribution in [-0.4, -0.2) is 11.8 Å². The van der Waals surface area contributed by atoms with E-state index in [-0.39, 0.29) is 5.91 Å². The Hall–Kier alpha value is -2.14. The second-order valence-electron chi connectivity index (χ2n) is 4.35. The normalized spacial score (nSPS) is 10.2. The Balaban J connectivity index is 1.96. The van der Waals surface area contributed by atoms with E-state index in [1.807, 2.05) is 6.07 Å². The number of hydrogen-bond donors (Lipinski definition) is 2. The van der Waals surface area contributed by atoms with Crippen LogP contribution in [0.5, 0.6) is 0 Å². The molecule has 0 atom stereocenters. The van der Waals surface area contributed by atoms with Crippen molar-refractivity contribution in [3.05, 3.63) is 57.3 Å². The van der Waals surface area contributed by atoms with Crippen LogP contribution >= 0.6 is 11.3 Å². The molecule has 0 radical (unpaired) electrons. The molecule has 2 amide bonds. The Kier molecular flexibility index (Phi) is 4.53. The fraction of sp³-hybridized carbons (Fsp3) is 0.200. The average Bonchev–Trinajstić information content (AvgIpc) is 2.93. The average molecular weight is 288 g/mol. The first-order valence-electron chi connectivity index (χ1n) is 6.35. The van der Waals surface area contributed by atoms with E-state index in [1.165, 1.54) is 4.88 Å². The molecular formula is C15H16N2O2S. The van der Waals surface area contributed by atoms with Gasteiger partial charge >= 0.3 is 0 Å². The predicted octanol–water partition coefficient (Wildman–Crippen LogP) is 2.34. The van der Waals surface area contributed by atoms with Gasteiger partial charge in [0, 0.05) is 20.9 Å². The molecule has 1 heterocycles. The van der Waals surface area contributed by atoms with Gasteiger partial charge in [0.25, 0.3) is 5.91 Å². The zero-order chi connectivity index (χ0) is 14.5. The summed E-state index contributed by atoms with van der Waals surface area (Å²) in [6.07, 6.45) is 1.01. The van der Waals surface area contributed by atoms with Gasteiger partial charge in [0.05, 0.1) is 6.54 Å². The maximum Gasteiger partial charge on any atom is 0.251 e. The second-order valence-corrected chi connectivity index (χ2v) is 5.60. The first-order valence-corrected chi connectivity index (χ1v) is 7.17. The van der Waals surface area contributed by atoms with Crippen molar-refractivity contribution in [1.82, 2.24) is 5.32 Å². The maximum absolute atomic E-state index is 12.0. The van der Waals surface area contributed by atoms with Gasteiger partial charge in [-0.25, -0.2) is 0 Å². The lowest BCUT2D eigenvalue weighted by Gasteiger charge is -2.04. The zero-order valence-electron chi connectivity index (χ0n) is 11.2. The minimum Gasteiger partial charge on any atom is -0.366 e. The smallest absolute Gasteiger partial charge is 0.251 e. The van der Waals surface area contributed by atoms with E-state index in [9.17, 15) is 9.59 Å². The van der Waals surface area contributed by atoms with Crippen LogP contribution in [0.2, 0.25) is 0 Å². The molecule has 5 heteroatoms. The number of benzene rings is 1. The van der Waals surface area contributed by atoms with Crippen molar-refractivity contribution in [2.24, 2.45) is 5.73 Å². The highest BCUT2D eigenvalue weighted by atomic mass is 32.1. The molecule has 0 aliphatic carbocycles. The van der Waals surface area contributed by atoms with E-state index in [0.717, 1.165) is 11.3 Å². The topological polar surface area (TPSA) is 72.2 Å². The zero-order valence-corrected chi connectivity index (χ0v) is 12.0. The Labute approximate surface area is 121 Å². The van der Waals surface area contributed by atoms with Crippen molar-refractivity contribution < 1.29 is 9.59 Å². The number of carbonyl (C=O) groups excluding carboxylic acids is 2. The van der Waals surface area contributed by atoms with Crippen LogP contribution < -0.4 is 11.1 Å². The molecule has 0 aliphatic rings. The largest absolute Gasteiger partial charge is 0.366 e. The molecule has 0 unspecified atom stereocenters. The van der Waals surface area contributed by atoms with Crippen molar-refractivity contribution in [2.75, 3.05) is 0 Å². The summed E-state index contributed by atoms with van der Waals surface area (Å²) < 4.78 is 0. The van der Waals surface area contributed by atoms with Gasteiger partial charge in [-0.1, -0.05) is 6.92 Å². The van der Waals surface area contributed by atoms with E-state index < -0.39 is 5.91 Å². The SMILES string of the molecule is CCc1ccc(CNC(=O)c2ccc(C(N)=O)cc2)s1. The molecule has 0 saturated carbocycles. The molecule has 3 N–H and O–H groups in total. The molecule has 2 rings (SSSR count). The molecule has 104 valence electrons. The van der Waals surface area contributed by atoms with E-state index in [1.54, 1.807) is 35.6 Å². The highest BCUT2D eigenvalue weighted by molar-refractivity contribution is 7.11. The molecule has 0 aliphatic heterocycles. The number of amides is 2. The molecule has 20 heavy (non-hydrogen) atoms. The lowest BCUT2D eigenvalue weighted by Crippen LogP contribution is -2.22. The molecule has 1 aromatic heterocycles. The summed E-state index contributed by atoms with van der Waals surface area (Å²) in [5.74, 6) is -0.657. The van der Waals surface area contributed by atoms with Crippen molar-refractivity contribution in [1.29, 1.82) is 0 Å². The summed E-state index contributed by atoms with van der Waals surface area (Å²) >= 11 is 1.70. The minimum absolute atomic E-state index is 0.160. The van der Waals surface area contributed by atoms with Gasteiger partial charge in [0.1, 0.15) is 0 Å². The number of hydrogen-bond acceptors (Lipinski definition) is 3. The van der Waals surface area contributed by atoms with Crippen LogP contribution in [0, 0.1) is 0 Å². The number of carbonyl (C=O) groups is 2. The second kappa shape index (κ2) is 6.34. The third-order valence-corrected chi connectivity index (χ3v) is 4.15. The van der Waals surface area contributed by atoms with Crippen LogP contribution in [0.15, 0.2) is 36.4 Å². The summed E-state index contributed by atoms with van der Waals surface area (Å²) in [5, 5.41) is 2.86. The standard InChI is InChI=1S/C15H16N2O2S/c1-2-12-7-8-13(20-12)9-17-15(19)11-5-3-10(4-6-11)14(16)18/h3-8H,2,9H2,1H3,(H2,16,18)(H,17,19). The highest BCUT2D eigenvalue weighted by Gasteiger charge is 2.07. The van der Waals surface area contributed by atoms with Gasteiger partial charge in [-0.2, -0.15) is 0 Å². The maximum atomic E-state index is 12.0. The third-order valence-electron chi connectivity index (χ3n) is 2.92. The van der Waals surface area contributed by atoms with Crippen LogP contribution in [0.1, 0.15) is 37.4 Å².